The summed E-state index contributed by atoms with van der Waals surface area (Å²) in [7, 11) is 1.45. The van der Waals surface area contributed by atoms with Gasteiger partial charge in [0.15, 0.2) is 17.6 Å². The third-order valence-electron chi connectivity index (χ3n) is 2.97. The fourth-order valence-electron chi connectivity index (χ4n) is 1.94. The molecular formula is C18H26ClNO5. The van der Waals surface area contributed by atoms with E-state index in [-0.39, 0.29) is 22.6 Å². The number of nitrogens with one attached hydrogen (secondary N) is 1. The number of halogens is 1. The van der Waals surface area contributed by atoms with Gasteiger partial charge in [0.25, 0.3) is 5.91 Å². The predicted octanol–water partition coefficient (Wildman–Crippen LogP) is 3.60. The first-order valence-corrected chi connectivity index (χ1v) is 8.39. The van der Waals surface area contributed by atoms with E-state index in [0.29, 0.717) is 11.5 Å². The largest absolute Gasteiger partial charge is 0.493 e. The van der Waals surface area contributed by atoms with Gasteiger partial charge in [-0.1, -0.05) is 11.6 Å². The number of ether oxygens (including phenoxy) is 3. The van der Waals surface area contributed by atoms with Gasteiger partial charge < -0.3 is 19.5 Å². The summed E-state index contributed by atoms with van der Waals surface area (Å²) in [5.41, 5.74) is -0.242. The molecule has 0 radical (unpaired) electrons. The minimum atomic E-state index is -0.942. The van der Waals surface area contributed by atoms with Gasteiger partial charge in [-0.25, -0.2) is 4.79 Å². The molecule has 140 valence electrons. The van der Waals surface area contributed by atoms with Crippen molar-refractivity contribution in [3.05, 3.63) is 22.7 Å². The van der Waals surface area contributed by atoms with E-state index >= 15 is 0 Å². The number of hydrogen-bond acceptors (Lipinski definition) is 5. The summed E-state index contributed by atoms with van der Waals surface area (Å²) >= 11 is 6.20. The maximum absolute atomic E-state index is 12.3. The molecule has 1 aromatic rings. The molecule has 0 saturated heterocycles. The van der Waals surface area contributed by atoms with Gasteiger partial charge in [-0.15, -0.1) is 0 Å². The molecule has 0 fully saturated rings. The second-order valence-electron chi connectivity index (χ2n) is 6.94. The molecule has 1 rings (SSSR count). The van der Waals surface area contributed by atoms with Crippen LogP contribution in [0.25, 0.3) is 0 Å². The highest BCUT2D eigenvalue weighted by atomic mass is 35.5. The first kappa shape index (κ1) is 21.1. The van der Waals surface area contributed by atoms with Gasteiger partial charge in [-0.05, 0) is 53.7 Å². The molecule has 7 heteroatoms. The lowest BCUT2D eigenvalue weighted by atomic mass is 10.1. The van der Waals surface area contributed by atoms with Crippen molar-refractivity contribution in [2.24, 2.45) is 0 Å². The smallest absolute Gasteiger partial charge is 0.339 e. The lowest BCUT2D eigenvalue weighted by molar-refractivity contribution is -0.130. The van der Waals surface area contributed by atoms with Crippen LogP contribution in [-0.2, 0) is 9.53 Å². The Balaban J connectivity index is 2.95. The van der Waals surface area contributed by atoms with Crippen molar-refractivity contribution in [3.63, 3.8) is 0 Å². The van der Waals surface area contributed by atoms with Crippen molar-refractivity contribution in [3.8, 4) is 11.5 Å². The van der Waals surface area contributed by atoms with E-state index in [4.69, 9.17) is 25.8 Å². The molecule has 25 heavy (non-hydrogen) atoms. The van der Waals surface area contributed by atoms with E-state index < -0.39 is 17.6 Å². The zero-order valence-electron chi connectivity index (χ0n) is 15.7. The number of esters is 1. The Bertz CT molecular complexity index is 637. The Morgan fingerprint density at radius 2 is 1.76 bits per heavy atom. The zero-order chi connectivity index (χ0) is 19.4. The van der Waals surface area contributed by atoms with Gasteiger partial charge >= 0.3 is 5.97 Å². The quantitative estimate of drug-likeness (QED) is 0.773. The molecule has 0 aliphatic heterocycles. The van der Waals surface area contributed by atoms with Crippen LogP contribution in [0.3, 0.4) is 0 Å². The van der Waals surface area contributed by atoms with Gasteiger partial charge in [0.2, 0.25) is 0 Å². The number of benzene rings is 1. The maximum atomic E-state index is 12.3. The average Bonchev–Trinajstić information content (AvgIpc) is 2.46. The molecule has 1 amide bonds. The molecule has 0 unspecified atom stereocenters. The number of carbonyl (C=O) groups is 2. The van der Waals surface area contributed by atoms with Crippen LogP contribution >= 0.6 is 11.6 Å². The maximum Gasteiger partial charge on any atom is 0.339 e. The SMILES string of the molecule is COc1cc(C(=O)O[C@@H](C)C(=O)NC(C)(C)C)cc(Cl)c1OC(C)C. The van der Waals surface area contributed by atoms with Crippen LogP contribution < -0.4 is 14.8 Å². The summed E-state index contributed by atoms with van der Waals surface area (Å²) < 4.78 is 16.1. The topological polar surface area (TPSA) is 73.9 Å². The Morgan fingerprint density at radius 3 is 2.24 bits per heavy atom. The van der Waals surface area contributed by atoms with Crippen LogP contribution in [0.1, 0.15) is 51.9 Å². The van der Waals surface area contributed by atoms with Gasteiger partial charge in [0.05, 0.1) is 23.8 Å². The number of hydrogen-bond donors (Lipinski definition) is 1. The fourth-order valence-corrected chi connectivity index (χ4v) is 2.20. The molecule has 0 aromatic heterocycles. The Hall–Kier alpha value is -1.95. The van der Waals surface area contributed by atoms with E-state index in [0.717, 1.165) is 0 Å². The normalized spacial score (nSPS) is 12.5. The molecule has 0 saturated carbocycles. The molecular weight excluding hydrogens is 346 g/mol. The van der Waals surface area contributed by atoms with Crippen LogP contribution in [0.15, 0.2) is 12.1 Å². The monoisotopic (exact) mass is 371 g/mol. The van der Waals surface area contributed by atoms with Gasteiger partial charge in [-0.3, -0.25) is 4.79 Å². The minimum Gasteiger partial charge on any atom is -0.493 e. The minimum absolute atomic E-state index is 0.106. The molecule has 0 aliphatic carbocycles. The average molecular weight is 372 g/mol. The predicted molar refractivity (Wildman–Crippen MR) is 96.5 cm³/mol. The summed E-state index contributed by atoms with van der Waals surface area (Å²) in [5.74, 6) is -0.374. The molecule has 1 N–H and O–H groups in total. The number of rotatable bonds is 6. The van der Waals surface area contributed by atoms with Crippen LogP contribution in [-0.4, -0.2) is 36.7 Å². The van der Waals surface area contributed by atoms with Crippen LogP contribution in [0.5, 0.6) is 11.5 Å². The van der Waals surface area contributed by atoms with Gasteiger partial charge in [0.1, 0.15) is 0 Å². The molecule has 1 atom stereocenters. The highest BCUT2D eigenvalue weighted by Gasteiger charge is 2.24. The first-order valence-electron chi connectivity index (χ1n) is 8.01. The van der Waals surface area contributed by atoms with Crippen molar-refractivity contribution in [1.82, 2.24) is 5.32 Å². The van der Waals surface area contributed by atoms with Crippen LogP contribution in [0.2, 0.25) is 5.02 Å². The van der Waals surface area contributed by atoms with E-state index in [1.54, 1.807) is 0 Å². The van der Waals surface area contributed by atoms with Crippen LogP contribution in [0.4, 0.5) is 0 Å². The summed E-state index contributed by atoms with van der Waals surface area (Å²) in [6, 6.07) is 2.90. The Morgan fingerprint density at radius 1 is 1.16 bits per heavy atom. The summed E-state index contributed by atoms with van der Waals surface area (Å²) in [5, 5.41) is 2.98. The highest BCUT2D eigenvalue weighted by molar-refractivity contribution is 6.32. The third-order valence-corrected chi connectivity index (χ3v) is 3.25. The second-order valence-corrected chi connectivity index (χ2v) is 7.35. The fraction of sp³-hybridized carbons (Fsp3) is 0.556. The summed E-state index contributed by atoms with van der Waals surface area (Å²) in [4.78, 5) is 24.4. The Labute approximate surface area is 153 Å². The van der Waals surface area contributed by atoms with Crippen molar-refractivity contribution in [2.45, 2.75) is 59.3 Å². The van der Waals surface area contributed by atoms with Crippen molar-refractivity contribution in [1.29, 1.82) is 0 Å². The lowest BCUT2D eigenvalue weighted by Crippen LogP contribution is -2.46. The highest BCUT2D eigenvalue weighted by Crippen LogP contribution is 2.37. The summed E-state index contributed by atoms with van der Waals surface area (Å²) in [6.45, 7) is 10.8. The number of methoxy groups -OCH3 is 1. The molecule has 0 spiro atoms. The van der Waals surface area contributed by atoms with E-state index in [1.807, 2.05) is 34.6 Å². The first-order chi connectivity index (χ1) is 11.4. The van der Waals surface area contributed by atoms with Crippen LogP contribution in [0, 0.1) is 0 Å². The molecule has 6 nitrogen and oxygen atoms in total. The van der Waals surface area contributed by atoms with Crippen molar-refractivity contribution in [2.75, 3.05) is 7.11 Å². The number of carbonyl (C=O) groups excluding carboxylic acids is 2. The lowest BCUT2D eigenvalue weighted by Gasteiger charge is -2.23. The number of amides is 1. The van der Waals surface area contributed by atoms with Crippen molar-refractivity contribution >= 4 is 23.5 Å². The molecule has 0 aliphatic rings. The second kappa shape index (κ2) is 8.43. The Kier molecular flexibility index (Phi) is 7.11. The standard InChI is InChI=1S/C18H26ClNO5/c1-10(2)24-15-13(19)8-12(9-14(15)23-7)17(22)25-11(3)16(21)20-18(4,5)6/h8-11H,1-7H3,(H,20,21)/t11-/m0/s1. The summed E-state index contributed by atoms with van der Waals surface area (Å²) in [6.07, 6.45) is -1.05. The zero-order valence-corrected chi connectivity index (χ0v) is 16.5. The van der Waals surface area contributed by atoms with E-state index in [2.05, 4.69) is 5.32 Å². The molecule has 0 heterocycles. The molecule has 0 bridgehead atoms. The van der Waals surface area contributed by atoms with Gasteiger partial charge in [-0.2, -0.15) is 0 Å². The molecule has 1 aromatic carbocycles. The van der Waals surface area contributed by atoms with E-state index in [9.17, 15) is 9.59 Å². The third kappa shape index (κ3) is 6.46. The van der Waals surface area contributed by atoms with Gasteiger partial charge in [0, 0.05) is 5.54 Å². The van der Waals surface area contributed by atoms with Crippen molar-refractivity contribution < 1.29 is 23.8 Å². The van der Waals surface area contributed by atoms with E-state index in [1.165, 1.54) is 26.2 Å².